The quantitative estimate of drug-likeness (QED) is 0.0130. The van der Waals surface area contributed by atoms with Gasteiger partial charge in [-0.3, -0.25) is 43.8 Å². The molecule has 5 amide bonds. The number of benzene rings is 4. The third kappa shape index (κ3) is 17.2. The number of nitrogens with one attached hydrogen (secondary N) is 4. The lowest BCUT2D eigenvalue weighted by Crippen LogP contribution is -2.63. The largest absolute Gasteiger partial charge is 0.382 e. The van der Waals surface area contributed by atoms with Gasteiger partial charge in [0.1, 0.15) is 11.7 Å². The van der Waals surface area contributed by atoms with Crippen molar-refractivity contribution in [2.75, 3.05) is 120 Å². The summed E-state index contributed by atoms with van der Waals surface area (Å²) in [5.74, 6) is -2.03. The van der Waals surface area contributed by atoms with Gasteiger partial charge in [0.15, 0.2) is 0 Å². The van der Waals surface area contributed by atoms with Crippen LogP contribution < -0.4 is 25.6 Å². The van der Waals surface area contributed by atoms with Crippen LogP contribution in [-0.2, 0) is 51.7 Å². The molecule has 2 atom stereocenters. The van der Waals surface area contributed by atoms with Crippen LogP contribution in [0, 0.1) is 23.2 Å². The van der Waals surface area contributed by atoms with Crippen LogP contribution in [-0.4, -0.2) is 190 Å². The Morgan fingerprint density at radius 1 is 0.786 bits per heavy atom. The smallest absolute Gasteiger partial charge is 0.264 e. The first-order valence-corrected chi connectivity index (χ1v) is 37.8. The van der Waals surface area contributed by atoms with E-state index >= 15 is 0 Å². The normalized spacial score (nSPS) is 22.3. The molecule has 6 fully saturated rings. The highest BCUT2D eigenvalue weighted by molar-refractivity contribution is 7.99. The lowest BCUT2D eigenvalue weighted by Gasteiger charge is -2.73. The number of carbonyl (C=O) groups excluding carboxylic acids is 5. The van der Waals surface area contributed by atoms with Gasteiger partial charge in [-0.25, -0.2) is 13.1 Å². The molecule has 24 heteroatoms. The summed E-state index contributed by atoms with van der Waals surface area (Å²) in [6.45, 7) is 20.6. The van der Waals surface area contributed by atoms with E-state index in [1.54, 1.807) is 59.8 Å². The molecular formula is C74H97N11O11S2. The maximum atomic E-state index is 13.8. The highest BCUT2D eigenvalue weighted by Gasteiger charge is 2.68. The summed E-state index contributed by atoms with van der Waals surface area (Å²) in [6, 6.07) is 26.7. The predicted molar refractivity (Wildman–Crippen MR) is 377 cm³/mol. The van der Waals surface area contributed by atoms with Crippen molar-refractivity contribution in [1.82, 2.24) is 39.7 Å². The number of amides is 5. The number of rotatable bonds is 34. The van der Waals surface area contributed by atoms with Gasteiger partial charge in [-0.05, 0) is 166 Å². The Bertz CT molecular complexity index is 3770. The highest BCUT2D eigenvalue weighted by Crippen LogP contribution is 2.79. The monoisotopic (exact) mass is 1380 g/mol. The van der Waals surface area contributed by atoms with E-state index in [1.807, 2.05) is 59.8 Å². The second-order valence-electron chi connectivity index (χ2n) is 28.7. The second-order valence-corrected chi connectivity index (χ2v) is 31.5. The Kier molecular flexibility index (Phi) is 22.9. The van der Waals surface area contributed by atoms with Gasteiger partial charge in [-0.1, -0.05) is 67.8 Å². The maximum absolute atomic E-state index is 13.8. The summed E-state index contributed by atoms with van der Waals surface area (Å²) in [5, 5.41) is 17.7. The van der Waals surface area contributed by atoms with E-state index in [4.69, 9.17) is 18.9 Å². The number of piperazine rings is 1. The van der Waals surface area contributed by atoms with E-state index in [2.05, 4.69) is 78.6 Å². The van der Waals surface area contributed by atoms with Gasteiger partial charge in [-0.15, -0.1) is 16.9 Å². The first-order chi connectivity index (χ1) is 47.3. The summed E-state index contributed by atoms with van der Waals surface area (Å²) in [6.07, 6.45) is 15.1. The van der Waals surface area contributed by atoms with E-state index in [0.717, 1.165) is 111 Å². The number of thioether (sulfide) groups is 1. The van der Waals surface area contributed by atoms with Gasteiger partial charge < -0.3 is 39.4 Å². The molecule has 4 aliphatic carbocycles. The van der Waals surface area contributed by atoms with Crippen molar-refractivity contribution < 1.29 is 51.3 Å². The summed E-state index contributed by atoms with van der Waals surface area (Å²) in [7, 11) is -4.16. The Morgan fingerprint density at radius 2 is 1.53 bits per heavy atom. The zero-order valence-corrected chi connectivity index (χ0v) is 59.0. The number of fused-ring (bicyclic) bond motifs is 1. The number of anilines is 3. The number of imide groups is 2. The molecule has 1 aromatic heterocycles. The number of piperidine rings is 2. The second kappa shape index (κ2) is 31.7. The Balaban J connectivity index is 0.514. The molecular weight excluding hydrogens is 1280 g/mol. The van der Waals surface area contributed by atoms with Crippen LogP contribution in [0.1, 0.15) is 147 Å². The molecule has 5 aromatic rings. The van der Waals surface area contributed by atoms with Crippen LogP contribution in [0.25, 0.3) is 0 Å². The van der Waals surface area contributed by atoms with Crippen molar-refractivity contribution in [3.05, 3.63) is 136 Å². The molecule has 2 bridgehead atoms. The topological polar surface area (TPSA) is 248 Å². The minimum atomic E-state index is -4.16. The fraction of sp³-hybridized carbons (Fsp3) is 0.554. The summed E-state index contributed by atoms with van der Waals surface area (Å²) in [4.78, 5) is 73.8. The number of carbonyl (C=O) groups is 5. The van der Waals surface area contributed by atoms with Crippen molar-refractivity contribution in [3.63, 3.8) is 0 Å². The molecule has 8 aliphatic rings. The number of allylic oxidation sites excluding steroid dienone is 1. The molecule has 4 N–H and O–H groups in total. The molecule has 22 nitrogen and oxygen atoms in total. The number of aromatic nitrogens is 3. The zero-order chi connectivity index (χ0) is 68.4. The standard InChI is InChI=1S/C74H97N11O11S2/c1-5-73-49-74(50-73,51-73)62-44-72(3,4)27-23-54(62)45-82-33-35-83(36-34-82)57-17-15-53(16-18-57)68(87)79-98(91,92)60-19-20-63(52(2)43-60)76-55(48-97-59-11-7-6-8-12-59)24-30-81-31-25-58(26-32-81)96-37-10-29-84-46-56(78-80-84)47-95-42-41-94-40-39-93-38-28-75-64-14-9-13-61-67(64)71(90)85(70(61)89)65-21-22-66(86)77-69(65)88/h6-9,11-20,43,46,55,58,65,75-76H,5,10,21-42,44-45,47-51H2,1-4H3,(H,79,87)(H,77,86,88)/t55-,65?,73?,74?/m1/s1. The number of hydrogen-bond donors (Lipinski definition) is 4. The summed E-state index contributed by atoms with van der Waals surface area (Å²) >= 11 is 1.80. The predicted octanol–water partition coefficient (Wildman–Crippen LogP) is 9.51. The van der Waals surface area contributed by atoms with Crippen molar-refractivity contribution >= 4 is 68.4 Å². The van der Waals surface area contributed by atoms with Crippen molar-refractivity contribution in [3.8, 4) is 0 Å². The third-order valence-electron chi connectivity index (χ3n) is 21.1. The van der Waals surface area contributed by atoms with E-state index in [9.17, 15) is 32.4 Å². The molecule has 4 aliphatic heterocycles. The van der Waals surface area contributed by atoms with Crippen LogP contribution in [0.3, 0.4) is 0 Å². The molecule has 98 heavy (non-hydrogen) atoms. The number of likely N-dealkylation sites (tertiary alicyclic amines) is 1. The molecule has 0 spiro atoms. The molecule has 526 valence electrons. The van der Waals surface area contributed by atoms with Gasteiger partial charge in [0.05, 0.1) is 68.0 Å². The number of nitrogens with zero attached hydrogens (tertiary/aromatic N) is 7. The molecule has 4 aromatic carbocycles. The minimum absolute atomic E-state index is 0.0402. The van der Waals surface area contributed by atoms with Crippen LogP contribution in [0.2, 0.25) is 0 Å². The maximum Gasteiger partial charge on any atom is 0.264 e. The number of ether oxygens (including phenoxy) is 4. The lowest BCUT2D eigenvalue weighted by atomic mass is 9.31. The van der Waals surface area contributed by atoms with E-state index in [0.29, 0.717) is 86.8 Å². The Labute approximate surface area is 581 Å². The van der Waals surface area contributed by atoms with Crippen molar-refractivity contribution in [1.29, 1.82) is 0 Å². The van der Waals surface area contributed by atoms with Crippen molar-refractivity contribution in [2.24, 2.45) is 16.2 Å². The van der Waals surface area contributed by atoms with Crippen LogP contribution >= 0.6 is 11.8 Å². The molecule has 5 heterocycles. The Hall–Kier alpha value is -7.03. The van der Waals surface area contributed by atoms with Gasteiger partial charge >= 0.3 is 0 Å². The van der Waals surface area contributed by atoms with Crippen LogP contribution in [0.4, 0.5) is 17.1 Å². The van der Waals surface area contributed by atoms with E-state index < -0.39 is 45.6 Å². The first-order valence-electron chi connectivity index (χ1n) is 35.3. The number of hydrogen-bond acceptors (Lipinski definition) is 19. The van der Waals surface area contributed by atoms with Gasteiger partial charge in [0.25, 0.3) is 27.7 Å². The SMILES string of the molecule is CCC12CC(C3=C(CN4CCN(c5ccc(C(=O)NS(=O)(=O)c6ccc(N[C@H](CCN7CCC(OCCCn8cc(COCCOCCOCCNc9cccc%10c9C(=O)N(C9CCC(=O)NC9=O)C%10=O)nn8)CC7)CSc7ccccc7)c(C)c6)cc5)CC4)CCC(C)(C)C3)(C1)C2. The van der Waals surface area contributed by atoms with Gasteiger partial charge in [0, 0.05) is 118 Å². The van der Waals surface area contributed by atoms with Crippen LogP contribution in [0.15, 0.2) is 118 Å². The molecule has 1 unspecified atom stereocenters. The lowest BCUT2D eigenvalue weighted by molar-refractivity contribution is -0.182. The average molecular weight is 1380 g/mol. The molecule has 13 rings (SSSR count). The molecule has 3 saturated carbocycles. The van der Waals surface area contributed by atoms with Crippen molar-refractivity contribution in [2.45, 2.75) is 152 Å². The minimum Gasteiger partial charge on any atom is -0.382 e. The first kappa shape index (κ1) is 70.8. The number of sulfonamides is 1. The average Bonchev–Trinajstić information content (AvgIpc) is 0.789. The summed E-state index contributed by atoms with van der Waals surface area (Å²) < 4.78 is 55.2. The number of aryl methyl sites for hydroxylation is 2. The highest BCUT2D eigenvalue weighted by atomic mass is 32.2. The van der Waals surface area contributed by atoms with E-state index in [-0.39, 0.29) is 41.0 Å². The van der Waals surface area contributed by atoms with Crippen LogP contribution in [0.5, 0.6) is 0 Å². The zero-order valence-electron chi connectivity index (χ0n) is 57.3. The fourth-order valence-electron chi connectivity index (χ4n) is 15.5. The van der Waals surface area contributed by atoms with E-state index in [1.165, 1.54) is 49.8 Å². The Morgan fingerprint density at radius 3 is 2.27 bits per heavy atom. The molecule has 0 radical (unpaired) electrons. The van der Waals surface area contributed by atoms with Gasteiger partial charge in [0.2, 0.25) is 11.8 Å². The van der Waals surface area contributed by atoms with Gasteiger partial charge in [-0.2, -0.15) is 0 Å². The third-order valence-corrected chi connectivity index (χ3v) is 23.6. The summed E-state index contributed by atoms with van der Waals surface area (Å²) in [5.41, 5.74) is 9.66. The molecule has 3 saturated heterocycles. The fourth-order valence-corrected chi connectivity index (χ4v) is 17.6.